The summed E-state index contributed by atoms with van der Waals surface area (Å²) in [4.78, 5) is 41.1. The van der Waals surface area contributed by atoms with Crippen LogP contribution in [0.1, 0.15) is 43.0 Å². The lowest BCUT2D eigenvalue weighted by atomic mass is 9.94. The van der Waals surface area contributed by atoms with Crippen molar-refractivity contribution in [2.24, 2.45) is 0 Å². The second-order valence-corrected chi connectivity index (χ2v) is 9.42. The van der Waals surface area contributed by atoms with Crippen LogP contribution in [0.15, 0.2) is 18.2 Å². The van der Waals surface area contributed by atoms with E-state index in [9.17, 15) is 14.4 Å². The zero-order valence-electron chi connectivity index (χ0n) is 20.6. The number of carbonyl (C=O) groups is 3. The van der Waals surface area contributed by atoms with Gasteiger partial charge in [-0.3, -0.25) is 19.3 Å². The maximum absolute atomic E-state index is 13.2. The van der Waals surface area contributed by atoms with Crippen molar-refractivity contribution >= 4 is 23.4 Å². The van der Waals surface area contributed by atoms with Gasteiger partial charge in [-0.1, -0.05) is 0 Å². The van der Waals surface area contributed by atoms with E-state index in [-0.39, 0.29) is 42.6 Å². The van der Waals surface area contributed by atoms with E-state index >= 15 is 0 Å². The zero-order chi connectivity index (χ0) is 24.8. The highest BCUT2D eigenvalue weighted by Gasteiger charge is 2.39. The maximum atomic E-state index is 13.2. The van der Waals surface area contributed by atoms with Crippen molar-refractivity contribution in [1.82, 2.24) is 15.1 Å². The Hall–Kier alpha value is -2.69. The number of likely N-dealkylation sites (N-methyl/N-ethyl adjacent to an activating group) is 1. The van der Waals surface area contributed by atoms with Crippen molar-refractivity contribution in [3.8, 4) is 5.75 Å². The van der Waals surface area contributed by atoms with Gasteiger partial charge in [-0.2, -0.15) is 0 Å². The Morgan fingerprint density at radius 2 is 1.97 bits per heavy atom. The number of nitrogens with zero attached hydrogens (tertiary/aromatic N) is 2. The molecule has 0 unspecified atom stereocenters. The van der Waals surface area contributed by atoms with E-state index in [0.29, 0.717) is 36.4 Å². The molecular formula is C25H36N4O6. The second kappa shape index (κ2) is 11.8. The molecule has 0 radical (unpaired) electrons. The SMILES string of the molecule is CC(=O)Nc1ccc2c(c1)C(=O)N(C)[C@@H]1CC[C@H](CC(=O)NCCCN3CCOCC3)O[C@H]1CO2. The smallest absolute Gasteiger partial charge is 0.257 e. The molecule has 35 heavy (non-hydrogen) atoms. The molecule has 2 saturated heterocycles. The van der Waals surface area contributed by atoms with Gasteiger partial charge in [0.25, 0.3) is 5.91 Å². The summed E-state index contributed by atoms with van der Waals surface area (Å²) in [6, 6.07) is 4.90. The highest BCUT2D eigenvalue weighted by molar-refractivity contribution is 5.99. The number of rotatable bonds is 7. The van der Waals surface area contributed by atoms with Gasteiger partial charge >= 0.3 is 0 Å². The molecule has 3 heterocycles. The van der Waals surface area contributed by atoms with Crippen LogP contribution in [0.25, 0.3) is 0 Å². The summed E-state index contributed by atoms with van der Waals surface area (Å²) < 4.78 is 17.6. The lowest BCUT2D eigenvalue weighted by Crippen LogP contribution is -2.54. The van der Waals surface area contributed by atoms with Crippen LogP contribution >= 0.6 is 0 Å². The van der Waals surface area contributed by atoms with Crippen LogP contribution in [0.4, 0.5) is 5.69 Å². The van der Waals surface area contributed by atoms with Gasteiger partial charge in [0.15, 0.2) is 0 Å². The minimum Gasteiger partial charge on any atom is -0.490 e. The third-order valence-electron chi connectivity index (χ3n) is 6.82. The summed E-state index contributed by atoms with van der Waals surface area (Å²) in [5.41, 5.74) is 0.963. The quantitative estimate of drug-likeness (QED) is 0.556. The largest absolute Gasteiger partial charge is 0.490 e. The third-order valence-corrected chi connectivity index (χ3v) is 6.82. The van der Waals surface area contributed by atoms with Gasteiger partial charge in [0, 0.05) is 39.3 Å². The van der Waals surface area contributed by atoms with E-state index in [1.165, 1.54) is 6.92 Å². The fourth-order valence-electron chi connectivity index (χ4n) is 4.94. The van der Waals surface area contributed by atoms with Gasteiger partial charge in [-0.25, -0.2) is 0 Å². The van der Waals surface area contributed by atoms with Gasteiger partial charge in [0.1, 0.15) is 18.5 Å². The molecule has 4 rings (SSSR count). The van der Waals surface area contributed by atoms with Crippen LogP contribution in [0, 0.1) is 0 Å². The maximum Gasteiger partial charge on any atom is 0.257 e. The van der Waals surface area contributed by atoms with Crippen LogP contribution in [0.3, 0.4) is 0 Å². The normalized spacial score (nSPS) is 24.9. The number of fused-ring (bicyclic) bond motifs is 2. The average Bonchev–Trinajstić information content (AvgIpc) is 2.85. The van der Waals surface area contributed by atoms with Crippen molar-refractivity contribution in [2.75, 3.05) is 58.4 Å². The van der Waals surface area contributed by atoms with Crippen LogP contribution in [0.2, 0.25) is 0 Å². The van der Waals surface area contributed by atoms with E-state index in [0.717, 1.165) is 45.7 Å². The first kappa shape index (κ1) is 25.4. The molecule has 2 N–H and O–H groups in total. The first-order valence-electron chi connectivity index (χ1n) is 12.4. The number of nitrogens with one attached hydrogen (secondary N) is 2. The van der Waals surface area contributed by atoms with Crippen LogP contribution in [-0.2, 0) is 19.1 Å². The summed E-state index contributed by atoms with van der Waals surface area (Å²) in [6.07, 6.45) is 2.11. The molecule has 3 aliphatic heterocycles. The lowest BCUT2D eigenvalue weighted by Gasteiger charge is -2.42. The number of hydrogen-bond acceptors (Lipinski definition) is 7. The molecule has 1 aromatic rings. The summed E-state index contributed by atoms with van der Waals surface area (Å²) >= 11 is 0. The standard InChI is InChI=1S/C25H36N4O6/c1-17(30)27-18-4-7-22-20(14-18)25(32)28(2)21-6-5-19(35-23(21)16-34-22)15-24(31)26-8-3-9-29-10-12-33-13-11-29/h4,7,14,19,21,23H,3,5-6,8-13,15-16H2,1-2H3,(H,26,31)(H,27,30)/t19-,21-,23+/m1/s1. The molecule has 10 heteroatoms. The zero-order valence-corrected chi connectivity index (χ0v) is 20.6. The lowest BCUT2D eigenvalue weighted by molar-refractivity contribution is -0.134. The monoisotopic (exact) mass is 488 g/mol. The van der Waals surface area contributed by atoms with E-state index in [1.54, 1.807) is 30.1 Å². The van der Waals surface area contributed by atoms with Crippen molar-refractivity contribution < 1.29 is 28.6 Å². The Kier molecular flexibility index (Phi) is 8.59. The molecule has 3 aliphatic rings. The van der Waals surface area contributed by atoms with E-state index in [1.807, 2.05) is 0 Å². The topological polar surface area (TPSA) is 109 Å². The van der Waals surface area contributed by atoms with Gasteiger partial charge in [0.05, 0.1) is 37.3 Å². The van der Waals surface area contributed by atoms with Crippen LogP contribution < -0.4 is 15.4 Å². The average molecular weight is 489 g/mol. The van der Waals surface area contributed by atoms with E-state index in [2.05, 4.69) is 15.5 Å². The summed E-state index contributed by atoms with van der Waals surface area (Å²) in [5.74, 6) is 0.0630. The molecule has 3 amide bonds. The Morgan fingerprint density at radius 3 is 2.74 bits per heavy atom. The summed E-state index contributed by atoms with van der Waals surface area (Å²) in [7, 11) is 1.77. The number of anilines is 1. The molecule has 0 aliphatic carbocycles. The number of morpholine rings is 1. The number of hydrogen-bond donors (Lipinski definition) is 2. The molecule has 1 aromatic carbocycles. The Balaban J connectivity index is 1.28. The minimum atomic E-state index is -0.319. The number of amides is 3. The summed E-state index contributed by atoms with van der Waals surface area (Å²) in [6.45, 7) is 6.77. The van der Waals surface area contributed by atoms with Crippen molar-refractivity contribution in [1.29, 1.82) is 0 Å². The molecule has 0 bridgehead atoms. The van der Waals surface area contributed by atoms with Crippen molar-refractivity contribution in [3.63, 3.8) is 0 Å². The minimum absolute atomic E-state index is 0.0116. The highest BCUT2D eigenvalue weighted by atomic mass is 16.5. The molecule has 0 aromatic heterocycles. The van der Waals surface area contributed by atoms with Gasteiger partial charge in [0.2, 0.25) is 11.8 Å². The van der Waals surface area contributed by atoms with Gasteiger partial charge < -0.3 is 29.7 Å². The molecule has 0 spiro atoms. The predicted octanol–water partition coefficient (Wildman–Crippen LogP) is 1.25. The molecule has 192 valence electrons. The molecule has 0 saturated carbocycles. The molecule has 3 atom stereocenters. The Morgan fingerprint density at radius 1 is 1.17 bits per heavy atom. The molecular weight excluding hydrogens is 452 g/mol. The predicted molar refractivity (Wildman–Crippen MR) is 130 cm³/mol. The van der Waals surface area contributed by atoms with E-state index in [4.69, 9.17) is 14.2 Å². The van der Waals surface area contributed by atoms with E-state index < -0.39 is 0 Å². The Bertz CT molecular complexity index is 919. The van der Waals surface area contributed by atoms with Crippen LogP contribution in [0.5, 0.6) is 5.75 Å². The number of ether oxygens (including phenoxy) is 3. The van der Waals surface area contributed by atoms with Crippen molar-refractivity contribution in [3.05, 3.63) is 23.8 Å². The highest BCUT2D eigenvalue weighted by Crippen LogP contribution is 2.32. The van der Waals surface area contributed by atoms with Gasteiger partial charge in [-0.15, -0.1) is 0 Å². The Labute approximate surface area is 206 Å². The van der Waals surface area contributed by atoms with Crippen LogP contribution in [-0.4, -0.2) is 98.8 Å². The van der Waals surface area contributed by atoms with Crippen molar-refractivity contribution in [2.45, 2.75) is 50.9 Å². The fraction of sp³-hybridized carbons (Fsp3) is 0.640. The fourth-order valence-corrected chi connectivity index (χ4v) is 4.94. The first-order chi connectivity index (χ1) is 16.9. The number of benzene rings is 1. The summed E-state index contributed by atoms with van der Waals surface area (Å²) in [5, 5.41) is 5.72. The second-order valence-electron chi connectivity index (χ2n) is 9.42. The first-order valence-corrected chi connectivity index (χ1v) is 12.4. The van der Waals surface area contributed by atoms with Gasteiger partial charge in [-0.05, 0) is 44.0 Å². The third kappa shape index (κ3) is 6.71. The number of carbonyl (C=O) groups excluding carboxylic acids is 3. The molecule has 10 nitrogen and oxygen atoms in total. The molecule has 2 fully saturated rings.